The number of hydrogen-bond acceptors (Lipinski definition) is 6. The molecule has 38 heavy (non-hydrogen) atoms. The first kappa shape index (κ1) is 27.8. The molecule has 3 heterocycles. The Bertz CT molecular complexity index is 1290. The fourth-order valence-electron chi connectivity index (χ4n) is 5.91. The molecular weight excluding hydrogens is 478 g/mol. The largest absolute Gasteiger partial charge is 0.381 e. The molecule has 2 atom stereocenters. The van der Waals surface area contributed by atoms with Crippen LogP contribution in [0.1, 0.15) is 47.8 Å². The minimum absolute atomic E-state index is 0.115. The molecule has 2 aromatic heterocycles. The van der Waals surface area contributed by atoms with Crippen LogP contribution in [0.25, 0.3) is 5.57 Å². The molecular formula is C30H41N5O3. The molecule has 0 aromatic carbocycles. The number of ether oxygens (including phenoxy) is 1. The molecule has 2 aliphatic rings. The Morgan fingerprint density at radius 1 is 1.21 bits per heavy atom. The van der Waals surface area contributed by atoms with Crippen LogP contribution in [0.2, 0.25) is 0 Å². The van der Waals surface area contributed by atoms with Crippen molar-refractivity contribution in [2.75, 3.05) is 34.4 Å². The third-order valence-corrected chi connectivity index (χ3v) is 8.01. The summed E-state index contributed by atoms with van der Waals surface area (Å²) in [5.74, 6) is -1.02. The second-order valence-corrected chi connectivity index (χ2v) is 11.3. The number of H-pyrrole nitrogens is 1. The number of pyridine rings is 2. The Labute approximate surface area is 225 Å². The zero-order valence-corrected chi connectivity index (χ0v) is 23.5. The molecule has 8 heteroatoms. The number of aromatic nitrogens is 2. The van der Waals surface area contributed by atoms with Crippen molar-refractivity contribution in [3.05, 3.63) is 80.7 Å². The SMILES string of the molecule is Cc1cc(C)c(CC2(C)C(N(C)C3CCOCC3)=CC(c3ccc(CN(C)C)nc3)=CC2C(N)=O)c(=O)[nH]1. The van der Waals surface area contributed by atoms with Crippen LogP contribution in [-0.2, 0) is 22.5 Å². The van der Waals surface area contributed by atoms with E-state index in [0.29, 0.717) is 25.2 Å². The number of hydrogen-bond donors (Lipinski definition) is 2. The molecule has 0 spiro atoms. The third kappa shape index (κ3) is 5.76. The van der Waals surface area contributed by atoms with E-state index >= 15 is 0 Å². The van der Waals surface area contributed by atoms with Crippen LogP contribution in [0.15, 0.2) is 47.0 Å². The van der Waals surface area contributed by atoms with Gasteiger partial charge in [0.15, 0.2) is 0 Å². The van der Waals surface area contributed by atoms with Crippen molar-refractivity contribution in [1.29, 1.82) is 0 Å². The molecule has 1 aliphatic carbocycles. The van der Waals surface area contributed by atoms with Crippen LogP contribution in [0.4, 0.5) is 0 Å². The van der Waals surface area contributed by atoms with Crippen molar-refractivity contribution >= 4 is 11.5 Å². The summed E-state index contributed by atoms with van der Waals surface area (Å²) in [4.78, 5) is 38.1. The number of amides is 1. The third-order valence-electron chi connectivity index (χ3n) is 8.01. The van der Waals surface area contributed by atoms with Gasteiger partial charge in [0.05, 0.1) is 11.6 Å². The normalized spacial score (nSPS) is 22.2. The van der Waals surface area contributed by atoms with Crippen LogP contribution in [0.3, 0.4) is 0 Å². The maximum Gasteiger partial charge on any atom is 0.251 e. The second-order valence-electron chi connectivity index (χ2n) is 11.3. The van der Waals surface area contributed by atoms with E-state index in [2.05, 4.69) is 45.9 Å². The minimum Gasteiger partial charge on any atom is -0.381 e. The highest BCUT2D eigenvalue weighted by atomic mass is 16.5. The molecule has 3 N–H and O–H groups in total. The topological polar surface area (TPSA) is 105 Å². The zero-order chi connectivity index (χ0) is 27.6. The lowest BCUT2D eigenvalue weighted by molar-refractivity contribution is -0.123. The van der Waals surface area contributed by atoms with E-state index in [1.807, 2.05) is 52.3 Å². The van der Waals surface area contributed by atoms with E-state index in [-0.39, 0.29) is 11.6 Å². The van der Waals surface area contributed by atoms with Crippen molar-refractivity contribution in [3.8, 4) is 0 Å². The van der Waals surface area contributed by atoms with Gasteiger partial charge in [-0.25, -0.2) is 0 Å². The number of nitrogens with zero attached hydrogens (tertiary/aromatic N) is 3. The summed E-state index contributed by atoms with van der Waals surface area (Å²) in [5, 5.41) is 0. The van der Waals surface area contributed by atoms with Gasteiger partial charge in [-0.2, -0.15) is 0 Å². The quantitative estimate of drug-likeness (QED) is 0.555. The van der Waals surface area contributed by atoms with Crippen LogP contribution in [0, 0.1) is 25.2 Å². The smallest absolute Gasteiger partial charge is 0.251 e. The monoisotopic (exact) mass is 519 g/mol. The van der Waals surface area contributed by atoms with Gasteiger partial charge in [-0.1, -0.05) is 19.1 Å². The molecule has 2 aromatic rings. The van der Waals surface area contributed by atoms with Gasteiger partial charge in [-0.05, 0) is 82.1 Å². The Balaban J connectivity index is 1.82. The molecule has 1 aliphatic heterocycles. The van der Waals surface area contributed by atoms with Crippen molar-refractivity contribution < 1.29 is 9.53 Å². The van der Waals surface area contributed by atoms with Crippen molar-refractivity contribution in [1.82, 2.24) is 19.8 Å². The number of allylic oxidation sites excluding steroid dienone is 3. The Morgan fingerprint density at radius 2 is 1.92 bits per heavy atom. The Hall–Kier alpha value is -3.23. The molecule has 1 amide bonds. The average Bonchev–Trinajstić information content (AvgIpc) is 2.86. The summed E-state index contributed by atoms with van der Waals surface area (Å²) in [5.41, 5.74) is 11.5. The second kappa shape index (κ2) is 11.3. The highest BCUT2D eigenvalue weighted by molar-refractivity contribution is 5.87. The Morgan fingerprint density at radius 3 is 2.50 bits per heavy atom. The minimum atomic E-state index is -0.715. The van der Waals surface area contributed by atoms with Gasteiger partial charge in [0.2, 0.25) is 5.91 Å². The van der Waals surface area contributed by atoms with Crippen LogP contribution in [-0.4, -0.2) is 66.1 Å². The van der Waals surface area contributed by atoms with Crippen molar-refractivity contribution in [3.63, 3.8) is 0 Å². The Kier molecular flexibility index (Phi) is 8.23. The summed E-state index contributed by atoms with van der Waals surface area (Å²) < 4.78 is 5.63. The maximum absolute atomic E-state index is 13.1. The fourth-order valence-corrected chi connectivity index (χ4v) is 5.91. The summed E-state index contributed by atoms with van der Waals surface area (Å²) >= 11 is 0. The molecule has 4 rings (SSSR count). The number of aryl methyl sites for hydroxylation is 2. The van der Waals surface area contributed by atoms with Gasteiger partial charge in [-0.15, -0.1) is 0 Å². The van der Waals surface area contributed by atoms with Gasteiger partial charge in [-0.3, -0.25) is 14.6 Å². The summed E-state index contributed by atoms with van der Waals surface area (Å²) in [6, 6.07) is 6.32. The van der Waals surface area contributed by atoms with Gasteiger partial charge in [0, 0.05) is 61.4 Å². The number of primary amides is 1. The van der Waals surface area contributed by atoms with E-state index in [1.165, 1.54) is 0 Å². The number of nitrogens with one attached hydrogen (secondary N) is 1. The number of carbonyl (C=O) groups is 1. The standard InChI is InChI=1S/C30H41N5O3/c1-19-13-20(2)33-29(37)25(19)16-30(3)26(28(31)36)14-22(21-7-8-23(32-17-21)18-34(4)5)15-27(30)35(6)24-9-11-38-12-10-24/h7-8,13-15,17,24,26H,9-12,16,18H2,1-6H3,(H2,31,36)(H,33,37). The fraction of sp³-hybridized carbons (Fsp3) is 0.500. The number of nitrogens with two attached hydrogens (primary N) is 1. The lowest BCUT2D eigenvalue weighted by Crippen LogP contribution is -2.49. The van der Waals surface area contributed by atoms with E-state index in [0.717, 1.165) is 53.2 Å². The highest BCUT2D eigenvalue weighted by Gasteiger charge is 2.46. The first-order valence-corrected chi connectivity index (χ1v) is 13.3. The molecule has 8 nitrogen and oxygen atoms in total. The van der Waals surface area contributed by atoms with Crippen LogP contribution < -0.4 is 11.3 Å². The number of carbonyl (C=O) groups excluding carboxylic acids is 1. The van der Waals surface area contributed by atoms with Crippen LogP contribution >= 0.6 is 0 Å². The summed E-state index contributed by atoms with van der Waals surface area (Å²) in [6.45, 7) is 8.05. The molecule has 0 saturated carbocycles. The molecule has 204 valence electrons. The predicted octanol–water partition coefficient (Wildman–Crippen LogP) is 3.19. The molecule has 0 radical (unpaired) electrons. The van der Waals surface area contributed by atoms with Crippen molar-refractivity contribution in [2.45, 2.75) is 52.6 Å². The van der Waals surface area contributed by atoms with Gasteiger partial charge >= 0.3 is 0 Å². The molecule has 2 unspecified atom stereocenters. The first-order valence-electron chi connectivity index (χ1n) is 13.3. The molecule has 0 bridgehead atoms. The average molecular weight is 520 g/mol. The maximum atomic E-state index is 13.1. The van der Waals surface area contributed by atoms with E-state index in [4.69, 9.17) is 10.5 Å². The van der Waals surface area contributed by atoms with E-state index in [1.54, 1.807) is 0 Å². The van der Waals surface area contributed by atoms with Gasteiger partial charge in [0.25, 0.3) is 5.56 Å². The van der Waals surface area contributed by atoms with Crippen molar-refractivity contribution in [2.24, 2.45) is 17.1 Å². The zero-order valence-electron chi connectivity index (χ0n) is 23.5. The predicted molar refractivity (Wildman–Crippen MR) is 150 cm³/mol. The lowest BCUT2D eigenvalue weighted by atomic mass is 9.65. The summed E-state index contributed by atoms with van der Waals surface area (Å²) in [6.07, 6.45) is 8.18. The van der Waals surface area contributed by atoms with E-state index < -0.39 is 17.2 Å². The molecule has 1 saturated heterocycles. The summed E-state index contributed by atoms with van der Waals surface area (Å²) in [7, 11) is 6.12. The number of aromatic amines is 1. The molecule has 1 fully saturated rings. The number of rotatable bonds is 8. The van der Waals surface area contributed by atoms with Crippen LogP contribution in [0.5, 0.6) is 0 Å². The van der Waals surface area contributed by atoms with Gasteiger partial charge in [0.1, 0.15) is 0 Å². The first-order chi connectivity index (χ1) is 18.0. The van der Waals surface area contributed by atoms with E-state index in [9.17, 15) is 9.59 Å². The lowest BCUT2D eigenvalue weighted by Gasteiger charge is -2.47. The highest BCUT2D eigenvalue weighted by Crippen LogP contribution is 2.47. The van der Waals surface area contributed by atoms with Gasteiger partial charge < -0.3 is 25.3 Å².